The monoisotopic (exact) mass is 608 g/mol. The summed E-state index contributed by atoms with van der Waals surface area (Å²) in [4.78, 5) is 14.8. The second-order valence-corrected chi connectivity index (χ2v) is 10.6. The molecule has 16 heteroatoms. The van der Waals surface area contributed by atoms with Crippen LogP contribution in [-0.2, 0) is 16.2 Å². The van der Waals surface area contributed by atoms with Gasteiger partial charge in [-0.2, -0.15) is 39.7 Å². The van der Waals surface area contributed by atoms with Gasteiger partial charge in [0.05, 0.1) is 29.8 Å². The Hall–Kier alpha value is -4.08. The Balaban J connectivity index is 1.66. The molecule has 0 fully saturated rings. The van der Waals surface area contributed by atoms with E-state index in [9.17, 15) is 43.9 Å². The van der Waals surface area contributed by atoms with Crippen molar-refractivity contribution in [2.24, 2.45) is 5.92 Å². The van der Waals surface area contributed by atoms with Crippen molar-refractivity contribution in [3.05, 3.63) is 65.2 Å². The zero-order valence-electron chi connectivity index (χ0n) is 20.7. The number of allylic oxidation sites excluding steroid dienone is 2. The molecule has 1 aliphatic carbocycles. The Morgan fingerprint density at radius 2 is 1.85 bits per heavy atom. The average molecular weight is 608 g/mol. The van der Waals surface area contributed by atoms with Gasteiger partial charge in [-0.05, 0) is 48.6 Å². The van der Waals surface area contributed by atoms with Gasteiger partial charge in [0, 0.05) is 11.6 Å². The minimum absolute atomic E-state index is 0.0432. The van der Waals surface area contributed by atoms with Gasteiger partial charge in [-0.1, -0.05) is 12.1 Å². The molecular weight excluding hydrogens is 589 g/mol. The highest BCUT2D eigenvalue weighted by Gasteiger charge is 2.40. The number of benzene rings is 2. The Morgan fingerprint density at radius 3 is 2.41 bits per heavy atom. The van der Waals surface area contributed by atoms with Crippen molar-refractivity contribution in [3.63, 3.8) is 0 Å². The molecule has 8 nitrogen and oxygen atoms in total. The molecule has 0 amide bonds. The average Bonchev–Trinajstić information content (AvgIpc) is 3.39. The summed E-state index contributed by atoms with van der Waals surface area (Å²) in [7, 11) is -3.64. The number of halogens is 7. The maximum absolute atomic E-state index is 14.1. The molecule has 3 aromatic rings. The van der Waals surface area contributed by atoms with E-state index in [2.05, 4.69) is 4.98 Å². The Labute approximate surface area is 227 Å². The summed E-state index contributed by atoms with van der Waals surface area (Å²) in [5.74, 6) is -5.63. The number of hydrogen-bond donors (Lipinski definition) is 2. The number of nitrogens with zero attached hydrogens (tertiary/aromatic N) is 1. The van der Waals surface area contributed by atoms with Crippen molar-refractivity contribution in [3.8, 4) is 17.2 Å². The predicted molar refractivity (Wildman–Crippen MR) is 129 cm³/mol. The highest BCUT2D eigenvalue weighted by Crippen LogP contribution is 2.43. The van der Waals surface area contributed by atoms with Gasteiger partial charge in [-0.3, -0.25) is 4.72 Å². The van der Waals surface area contributed by atoms with E-state index in [1.807, 2.05) is 4.72 Å². The Morgan fingerprint density at radius 1 is 1.15 bits per heavy atom. The van der Waals surface area contributed by atoms with Crippen molar-refractivity contribution in [1.82, 2.24) is 4.98 Å². The number of ether oxygens (including phenoxy) is 1. The standard InChI is InChI=1S/C25H19F7N2O6S/c1-39-20-9-16(23(35)36)18(26)10-19(20)34-41(37,38)21-11-40-22(33-21)15-7-4-13(8-17(15)25(30,31)32)12-2-5-14(6-3-12)24(27,28)29/h2,4,7-11,14,34H,3,5-6H2,1H3,(H,35,36). The first-order valence-corrected chi connectivity index (χ1v) is 13.1. The van der Waals surface area contributed by atoms with E-state index in [0.29, 0.717) is 17.9 Å². The molecule has 0 radical (unpaired) electrons. The van der Waals surface area contributed by atoms with Crippen LogP contribution in [0.25, 0.3) is 17.0 Å². The Kier molecular flexibility index (Phi) is 7.82. The number of methoxy groups -OCH3 is 1. The molecule has 4 rings (SSSR count). The fourth-order valence-corrected chi connectivity index (χ4v) is 5.16. The summed E-state index contributed by atoms with van der Waals surface area (Å²) in [5.41, 5.74) is -2.88. The third-order valence-electron chi connectivity index (χ3n) is 6.32. The van der Waals surface area contributed by atoms with E-state index in [-0.39, 0.29) is 30.6 Å². The number of rotatable bonds is 7. The van der Waals surface area contributed by atoms with E-state index in [0.717, 1.165) is 25.3 Å². The van der Waals surface area contributed by atoms with Gasteiger partial charge >= 0.3 is 18.3 Å². The van der Waals surface area contributed by atoms with E-state index in [1.54, 1.807) is 0 Å². The first kappa shape index (κ1) is 29.9. The molecule has 1 unspecified atom stereocenters. The van der Waals surface area contributed by atoms with Crippen LogP contribution in [-0.4, -0.2) is 37.8 Å². The molecule has 0 saturated heterocycles. The second-order valence-electron chi connectivity index (χ2n) is 8.93. The zero-order valence-corrected chi connectivity index (χ0v) is 21.5. The van der Waals surface area contributed by atoms with Crippen LogP contribution in [0.1, 0.15) is 40.7 Å². The topological polar surface area (TPSA) is 119 Å². The summed E-state index contributed by atoms with van der Waals surface area (Å²) in [6.07, 6.45) is -8.34. The van der Waals surface area contributed by atoms with Crippen LogP contribution in [0.5, 0.6) is 5.75 Å². The van der Waals surface area contributed by atoms with Gasteiger partial charge in [-0.25, -0.2) is 9.18 Å². The van der Waals surface area contributed by atoms with Crippen molar-refractivity contribution in [2.45, 2.75) is 36.6 Å². The number of anilines is 1. The van der Waals surface area contributed by atoms with Gasteiger partial charge in [-0.15, -0.1) is 0 Å². The number of aromatic nitrogens is 1. The van der Waals surface area contributed by atoms with Gasteiger partial charge < -0.3 is 14.3 Å². The van der Waals surface area contributed by atoms with E-state index < -0.39 is 73.4 Å². The normalized spacial score (nSPS) is 16.3. The molecule has 1 aliphatic rings. The van der Waals surface area contributed by atoms with Gasteiger partial charge in [0.2, 0.25) is 10.9 Å². The lowest BCUT2D eigenvalue weighted by atomic mass is 9.85. The molecule has 41 heavy (non-hydrogen) atoms. The molecule has 0 saturated carbocycles. The summed E-state index contributed by atoms with van der Waals surface area (Å²) >= 11 is 0. The third kappa shape index (κ3) is 6.31. The molecule has 1 atom stereocenters. The molecule has 0 bridgehead atoms. The molecule has 1 heterocycles. The zero-order chi connectivity index (χ0) is 30.3. The maximum Gasteiger partial charge on any atom is 0.417 e. The lowest BCUT2D eigenvalue weighted by Crippen LogP contribution is -2.24. The highest BCUT2D eigenvalue weighted by molar-refractivity contribution is 7.92. The van der Waals surface area contributed by atoms with Crippen LogP contribution in [0.15, 0.2) is 52.1 Å². The van der Waals surface area contributed by atoms with Gasteiger partial charge in [0.15, 0.2) is 0 Å². The van der Waals surface area contributed by atoms with Crippen molar-refractivity contribution >= 4 is 27.3 Å². The van der Waals surface area contributed by atoms with Crippen LogP contribution in [0.4, 0.5) is 36.4 Å². The quantitative estimate of drug-likeness (QED) is 0.285. The molecule has 0 aliphatic heterocycles. The summed E-state index contributed by atoms with van der Waals surface area (Å²) in [6.45, 7) is 0. The number of oxazole rings is 1. The third-order valence-corrected chi connectivity index (χ3v) is 7.55. The van der Waals surface area contributed by atoms with E-state index in [4.69, 9.17) is 14.3 Å². The highest BCUT2D eigenvalue weighted by atomic mass is 32.2. The van der Waals surface area contributed by atoms with Gasteiger partial charge in [0.1, 0.15) is 17.8 Å². The number of hydrogen-bond acceptors (Lipinski definition) is 6. The van der Waals surface area contributed by atoms with Crippen LogP contribution in [0.3, 0.4) is 0 Å². The van der Waals surface area contributed by atoms with Crippen LogP contribution in [0, 0.1) is 11.7 Å². The first-order valence-electron chi connectivity index (χ1n) is 11.6. The van der Waals surface area contributed by atoms with Crippen molar-refractivity contribution in [2.75, 3.05) is 11.8 Å². The number of carboxylic acids is 1. The van der Waals surface area contributed by atoms with Gasteiger partial charge in [0.25, 0.3) is 10.0 Å². The Bertz CT molecular complexity index is 1630. The number of aromatic carboxylic acids is 1. The first-order chi connectivity index (χ1) is 19.0. The largest absolute Gasteiger partial charge is 0.495 e. The number of carbonyl (C=O) groups is 1. The van der Waals surface area contributed by atoms with E-state index in [1.165, 1.54) is 12.1 Å². The molecule has 0 spiro atoms. The lowest BCUT2D eigenvalue weighted by molar-refractivity contribution is -0.175. The molecule has 220 valence electrons. The fraction of sp³-hybridized carbons (Fsp3) is 0.280. The van der Waals surface area contributed by atoms with Crippen LogP contribution >= 0.6 is 0 Å². The number of sulfonamides is 1. The summed E-state index contributed by atoms with van der Waals surface area (Å²) < 4.78 is 132. The van der Waals surface area contributed by atoms with Crippen LogP contribution < -0.4 is 9.46 Å². The number of nitrogens with one attached hydrogen (secondary N) is 1. The minimum atomic E-state index is -4.97. The number of alkyl halides is 6. The molecule has 1 aromatic heterocycles. The fourth-order valence-electron chi connectivity index (χ4n) is 4.23. The molecule has 2 N–H and O–H groups in total. The van der Waals surface area contributed by atoms with Crippen LogP contribution in [0.2, 0.25) is 0 Å². The number of carboxylic acid groups (broad SMARTS) is 1. The van der Waals surface area contributed by atoms with Crippen molar-refractivity contribution < 1.29 is 58.2 Å². The second kappa shape index (κ2) is 10.7. The lowest BCUT2D eigenvalue weighted by Gasteiger charge is -2.24. The van der Waals surface area contributed by atoms with E-state index >= 15 is 0 Å². The summed E-state index contributed by atoms with van der Waals surface area (Å²) in [5, 5.41) is 8.14. The SMILES string of the molecule is COc1cc(C(=O)O)c(F)cc1NS(=O)(=O)c1coc(-c2ccc(C3=CCC(C(F)(F)F)CC3)cc2C(F)(F)F)n1. The molecular formula is C25H19F7N2O6S. The predicted octanol–water partition coefficient (Wildman–Crippen LogP) is 6.75. The maximum atomic E-state index is 14.1. The van der Waals surface area contributed by atoms with Crippen molar-refractivity contribution in [1.29, 1.82) is 0 Å². The minimum Gasteiger partial charge on any atom is -0.495 e. The summed E-state index contributed by atoms with van der Waals surface area (Å²) in [6, 6.07) is 4.19. The smallest absolute Gasteiger partial charge is 0.417 e. The molecule has 2 aromatic carbocycles.